The number of methoxy groups -OCH3 is 2. The molecule has 1 aliphatic carbocycles. The van der Waals surface area contributed by atoms with Crippen molar-refractivity contribution in [1.82, 2.24) is 9.29 Å². The monoisotopic (exact) mass is 317 g/mol. The van der Waals surface area contributed by atoms with Gasteiger partial charge >= 0.3 is 0 Å². The van der Waals surface area contributed by atoms with Crippen molar-refractivity contribution in [3.8, 4) is 0 Å². The third-order valence-corrected chi connectivity index (χ3v) is 4.94. The van der Waals surface area contributed by atoms with Crippen molar-refractivity contribution in [3.63, 3.8) is 0 Å². The summed E-state index contributed by atoms with van der Waals surface area (Å²) in [6.45, 7) is 0.825. The SMILES string of the molecule is COCC(CNS(=O)(=O)c1cc(CN)n(C2CC2)c1)OC. The van der Waals surface area contributed by atoms with Gasteiger partial charge in [0.25, 0.3) is 0 Å². The van der Waals surface area contributed by atoms with Crippen LogP contribution in [0.4, 0.5) is 0 Å². The number of hydrogen-bond donors (Lipinski definition) is 2. The predicted octanol–water partition coefficient (Wildman–Crippen LogP) is 0.221. The summed E-state index contributed by atoms with van der Waals surface area (Å²) >= 11 is 0. The van der Waals surface area contributed by atoms with Crippen LogP contribution in [0.3, 0.4) is 0 Å². The molecule has 21 heavy (non-hydrogen) atoms. The molecular weight excluding hydrogens is 294 g/mol. The van der Waals surface area contributed by atoms with E-state index >= 15 is 0 Å². The molecule has 2 rings (SSSR count). The summed E-state index contributed by atoms with van der Waals surface area (Å²) in [6.07, 6.45) is 3.51. The molecule has 3 N–H and O–H groups in total. The molecule has 1 unspecified atom stereocenters. The highest BCUT2D eigenvalue weighted by Crippen LogP contribution is 2.37. The van der Waals surface area contributed by atoms with Crippen molar-refractivity contribution < 1.29 is 17.9 Å². The molecule has 1 aromatic rings. The lowest BCUT2D eigenvalue weighted by atomic mass is 10.4. The Balaban J connectivity index is 2.08. The highest BCUT2D eigenvalue weighted by Gasteiger charge is 2.28. The minimum Gasteiger partial charge on any atom is -0.382 e. The molecule has 120 valence electrons. The lowest BCUT2D eigenvalue weighted by molar-refractivity contribution is 0.0320. The Morgan fingerprint density at radius 1 is 1.48 bits per heavy atom. The highest BCUT2D eigenvalue weighted by atomic mass is 32.2. The molecule has 0 aromatic carbocycles. The predicted molar refractivity (Wildman–Crippen MR) is 78.5 cm³/mol. The lowest BCUT2D eigenvalue weighted by Gasteiger charge is -2.14. The number of hydrogen-bond acceptors (Lipinski definition) is 5. The van der Waals surface area contributed by atoms with Gasteiger partial charge in [-0.1, -0.05) is 0 Å². The number of ether oxygens (including phenoxy) is 2. The Labute approximate surface area is 125 Å². The van der Waals surface area contributed by atoms with Crippen molar-refractivity contribution in [2.75, 3.05) is 27.4 Å². The molecule has 7 nitrogen and oxygen atoms in total. The van der Waals surface area contributed by atoms with Crippen LogP contribution in [-0.2, 0) is 26.0 Å². The first-order valence-corrected chi connectivity index (χ1v) is 8.42. The molecule has 1 aromatic heterocycles. The molecule has 0 aliphatic heterocycles. The zero-order valence-electron chi connectivity index (χ0n) is 12.4. The summed E-state index contributed by atoms with van der Waals surface area (Å²) in [5.74, 6) is 0. The fourth-order valence-electron chi connectivity index (χ4n) is 2.18. The van der Waals surface area contributed by atoms with Crippen LogP contribution in [0, 0.1) is 0 Å². The topological polar surface area (TPSA) is 95.6 Å². The summed E-state index contributed by atoms with van der Waals surface area (Å²) in [6, 6.07) is 2.03. The maximum atomic E-state index is 12.3. The quantitative estimate of drug-likeness (QED) is 0.679. The number of nitrogens with two attached hydrogens (primary N) is 1. The fourth-order valence-corrected chi connectivity index (χ4v) is 3.30. The maximum Gasteiger partial charge on any atom is 0.242 e. The smallest absolute Gasteiger partial charge is 0.242 e. The second-order valence-electron chi connectivity index (χ2n) is 5.17. The van der Waals surface area contributed by atoms with Crippen LogP contribution in [0.15, 0.2) is 17.2 Å². The van der Waals surface area contributed by atoms with Gasteiger partial charge in [0.1, 0.15) is 0 Å². The Kier molecular flexibility index (Phi) is 5.39. The van der Waals surface area contributed by atoms with E-state index in [0.29, 0.717) is 19.2 Å². The second kappa shape index (κ2) is 6.89. The standard InChI is InChI=1S/C13H23N3O4S/c1-19-9-12(20-2)7-15-21(17,18)13-5-11(6-14)16(8-13)10-3-4-10/h5,8,10,12,15H,3-4,6-7,9,14H2,1-2H3. The molecule has 0 spiro atoms. The largest absolute Gasteiger partial charge is 0.382 e. The van der Waals surface area contributed by atoms with E-state index in [0.717, 1.165) is 18.5 Å². The fraction of sp³-hybridized carbons (Fsp3) is 0.692. The molecule has 1 heterocycles. The highest BCUT2D eigenvalue weighted by molar-refractivity contribution is 7.89. The average molecular weight is 317 g/mol. The summed E-state index contributed by atoms with van der Waals surface area (Å²) in [4.78, 5) is 0.252. The van der Waals surface area contributed by atoms with Crippen LogP contribution < -0.4 is 10.5 Å². The van der Waals surface area contributed by atoms with Crippen molar-refractivity contribution in [2.45, 2.75) is 36.4 Å². The van der Waals surface area contributed by atoms with Gasteiger partial charge < -0.3 is 19.8 Å². The van der Waals surface area contributed by atoms with E-state index in [9.17, 15) is 8.42 Å². The van der Waals surface area contributed by atoms with Gasteiger partial charge in [-0.25, -0.2) is 13.1 Å². The van der Waals surface area contributed by atoms with Crippen LogP contribution in [0.2, 0.25) is 0 Å². The molecule has 0 saturated heterocycles. The van der Waals surface area contributed by atoms with E-state index in [4.69, 9.17) is 15.2 Å². The Morgan fingerprint density at radius 2 is 2.19 bits per heavy atom. The minimum atomic E-state index is -3.56. The van der Waals surface area contributed by atoms with Crippen molar-refractivity contribution in [3.05, 3.63) is 18.0 Å². The van der Waals surface area contributed by atoms with Gasteiger partial charge in [-0.05, 0) is 18.9 Å². The summed E-state index contributed by atoms with van der Waals surface area (Å²) in [5.41, 5.74) is 6.53. The zero-order valence-corrected chi connectivity index (χ0v) is 13.2. The van der Waals surface area contributed by atoms with Crippen molar-refractivity contribution in [1.29, 1.82) is 0 Å². The molecule has 8 heteroatoms. The normalized spacial score (nSPS) is 17.1. The van der Waals surface area contributed by atoms with Crippen LogP contribution in [0.1, 0.15) is 24.6 Å². The van der Waals surface area contributed by atoms with E-state index in [1.165, 1.54) is 7.11 Å². The average Bonchev–Trinajstić information content (AvgIpc) is 3.21. The summed E-state index contributed by atoms with van der Waals surface area (Å²) in [5, 5.41) is 0. The van der Waals surface area contributed by atoms with Gasteiger partial charge in [0, 0.05) is 45.2 Å². The van der Waals surface area contributed by atoms with Gasteiger partial charge in [0.05, 0.1) is 17.6 Å². The number of rotatable bonds is 9. The molecule has 0 bridgehead atoms. The van der Waals surface area contributed by atoms with Crippen molar-refractivity contribution in [2.24, 2.45) is 5.73 Å². The van der Waals surface area contributed by atoms with Gasteiger partial charge in [-0.2, -0.15) is 0 Å². The van der Waals surface area contributed by atoms with Gasteiger partial charge in [0.15, 0.2) is 0 Å². The Hall–Kier alpha value is -0.930. The van der Waals surface area contributed by atoms with E-state index < -0.39 is 10.0 Å². The van der Waals surface area contributed by atoms with Gasteiger partial charge in [0.2, 0.25) is 10.0 Å². The molecule has 0 amide bonds. The lowest BCUT2D eigenvalue weighted by Crippen LogP contribution is -2.35. The van der Waals surface area contributed by atoms with Crippen molar-refractivity contribution >= 4 is 10.0 Å². The van der Waals surface area contributed by atoms with Gasteiger partial charge in [-0.3, -0.25) is 0 Å². The van der Waals surface area contributed by atoms with E-state index in [1.54, 1.807) is 19.4 Å². The van der Waals surface area contributed by atoms with E-state index in [1.807, 2.05) is 4.57 Å². The minimum absolute atomic E-state index is 0.166. The van der Waals surface area contributed by atoms with Crippen LogP contribution in [-0.4, -0.2) is 46.5 Å². The third-order valence-electron chi connectivity index (χ3n) is 3.55. The number of aromatic nitrogens is 1. The van der Waals surface area contributed by atoms with E-state index in [2.05, 4.69) is 4.72 Å². The maximum absolute atomic E-state index is 12.3. The second-order valence-corrected chi connectivity index (χ2v) is 6.94. The van der Waals surface area contributed by atoms with Crippen LogP contribution >= 0.6 is 0 Å². The molecule has 1 atom stereocenters. The third kappa shape index (κ3) is 4.04. The van der Waals surface area contributed by atoms with Crippen LogP contribution in [0.25, 0.3) is 0 Å². The first-order chi connectivity index (χ1) is 10.0. The first-order valence-electron chi connectivity index (χ1n) is 6.94. The number of nitrogens with one attached hydrogen (secondary N) is 1. The molecule has 0 radical (unpaired) electrons. The molecule has 1 fully saturated rings. The molecule has 1 saturated carbocycles. The van der Waals surface area contributed by atoms with Gasteiger partial charge in [-0.15, -0.1) is 0 Å². The summed E-state index contributed by atoms with van der Waals surface area (Å²) in [7, 11) is -0.496. The molecule has 1 aliphatic rings. The summed E-state index contributed by atoms with van der Waals surface area (Å²) < 4.78 is 39.3. The number of sulfonamides is 1. The van der Waals surface area contributed by atoms with Crippen LogP contribution in [0.5, 0.6) is 0 Å². The zero-order chi connectivity index (χ0) is 15.5. The number of nitrogens with zero attached hydrogens (tertiary/aromatic N) is 1. The first kappa shape index (κ1) is 16.4. The molecular formula is C13H23N3O4S. The Morgan fingerprint density at radius 3 is 2.71 bits per heavy atom. The van der Waals surface area contributed by atoms with E-state index in [-0.39, 0.29) is 17.5 Å². The Bertz CT molecular complexity index is 566.